The number of para-hydroxylation sites is 2. The summed E-state index contributed by atoms with van der Waals surface area (Å²) >= 11 is 0. The molecule has 1 atom stereocenters. The van der Waals surface area contributed by atoms with Crippen LogP contribution < -0.4 is 20.7 Å². The van der Waals surface area contributed by atoms with Crippen LogP contribution in [0.15, 0.2) is 54.7 Å². The molecule has 2 amide bonds. The number of carbonyl (C=O) groups is 2. The molecule has 51 heavy (non-hydrogen) atoms. The normalized spacial score (nSPS) is 24.5. The number of benzene rings is 2. The highest BCUT2D eigenvalue weighted by atomic mass is 28.1. The number of aromatic hydroxyl groups is 1. The van der Waals surface area contributed by atoms with Crippen LogP contribution in [0.4, 0.5) is 15.9 Å². The molecule has 3 fully saturated rings. The number of carbonyl (C=O) groups excluding carboxylic acids is 2. The molecule has 0 bridgehead atoms. The summed E-state index contributed by atoms with van der Waals surface area (Å²) in [7, 11) is 3.77. The Morgan fingerprint density at radius 2 is 1.73 bits per heavy atom. The number of hydrogen-bond donors (Lipinski definition) is 3. The van der Waals surface area contributed by atoms with E-state index in [-0.39, 0.29) is 41.4 Å². The van der Waals surface area contributed by atoms with Crippen LogP contribution in [-0.4, -0.2) is 89.5 Å². The minimum absolute atomic E-state index is 0.0537. The second-order valence-corrected chi connectivity index (χ2v) is 14.9. The molecule has 4 aromatic rings. The van der Waals surface area contributed by atoms with Crippen LogP contribution >= 0.6 is 0 Å². The summed E-state index contributed by atoms with van der Waals surface area (Å²) in [6, 6.07) is 15.2. The number of anilines is 2. The number of amides is 2. The van der Waals surface area contributed by atoms with E-state index in [1.165, 1.54) is 5.56 Å². The summed E-state index contributed by atoms with van der Waals surface area (Å²) in [5, 5.41) is 24.2. The Labute approximate surface area is 298 Å². The number of imide groups is 1. The van der Waals surface area contributed by atoms with E-state index < -0.39 is 11.1 Å². The molecule has 0 unspecified atom stereocenters. The number of rotatable bonds is 6. The summed E-state index contributed by atoms with van der Waals surface area (Å²) in [6.45, 7) is 2.83. The Bertz CT molecular complexity index is 1980. The number of phenols is 1. The zero-order valence-electron chi connectivity index (χ0n) is 28.2. The summed E-state index contributed by atoms with van der Waals surface area (Å²) in [6.07, 6.45) is 8.33. The SMILES string of the molecule is Nc1nnc(-c2ccccc2O)cc1-c1cn(C2CCN(C3CCC(c4cccc5c4OCCN5[C@]4([Si])CCC(=O)NC4=O)CC3)CC2)nc1F. The second-order valence-electron chi connectivity index (χ2n) is 14.1. The molecule has 5 heterocycles. The summed E-state index contributed by atoms with van der Waals surface area (Å²) in [5.41, 5.74) is 9.76. The standard InChI is InChI=1S/C37H40FN8O4Si/c38-34-28(27-20-29(41-42-35(27)39)26-4-1-2-7-31(26)47)21-46(43-34)24-13-16-44(17-14-24)23-10-8-22(9-11-23)25-5-3-6-30-33(25)50-19-18-45(30)37(51)15-12-32(48)40-36(37)49/h1-7,20-24,47H,8-19H2,(H2,39,42)(H,40,48,49)/t22?,23?,37-/m0/s1. The maximum Gasteiger partial charge on any atom is 0.248 e. The van der Waals surface area contributed by atoms with Crippen molar-refractivity contribution in [1.82, 2.24) is 30.2 Å². The average molecular weight is 708 g/mol. The van der Waals surface area contributed by atoms with Crippen LogP contribution in [0.2, 0.25) is 0 Å². The Morgan fingerprint density at radius 1 is 0.941 bits per heavy atom. The largest absolute Gasteiger partial charge is 0.507 e. The zero-order valence-corrected chi connectivity index (χ0v) is 29.2. The molecule has 14 heteroatoms. The first-order valence-electron chi connectivity index (χ1n) is 17.7. The van der Waals surface area contributed by atoms with Gasteiger partial charge in [0.05, 0.1) is 39.8 Å². The van der Waals surface area contributed by atoms with E-state index in [1.807, 2.05) is 12.1 Å². The van der Waals surface area contributed by atoms with Crippen molar-refractivity contribution in [3.8, 4) is 33.9 Å². The number of nitrogens with zero attached hydrogens (tertiary/aromatic N) is 6. The average Bonchev–Trinajstić information content (AvgIpc) is 3.54. The molecule has 8 rings (SSSR count). The molecule has 0 spiro atoms. The maximum atomic E-state index is 15.3. The minimum Gasteiger partial charge on any atom is -0.507 e. The van der Waals surface area contributed by atoms with Gasteiger partial charge in [0.2, 0.25) is 17.8 Å². The molecule has 4 aliphatic rings. The minimum atomic E-state index is -0.987. The summed E-state index contributed by atoms with van der Waals surface area (Å²) in [4.78, 5) is 29.5. The molecule has 2 aromatic carbocycles. The number of piperidine rings is 2. The van der Waals surface area contributed by atoms with Gasteiger partial charge in [-0.05, 0) is 80.7 Å². The number of hydrogen-bond acceptors (Lipinski definition) is 10. The van der Waals surface area contributed by atoms with Gasteiger partial charge in [-0.25, -0.2) is 0 Å². The third-order valence-corrected chi connectivity index (χ3v) is 11.9. The van der Waals surface area contributed by atoms with E-state index in [2.05, 4.69) is 46.7 Å². The lowest BCUT2D eigenvalue weighted by atomic mass is 9.80. The van der Waals surface area contributed by atoms with Gasteiger partial charge in [0.15, 0.2) is 5.82 Å². The molecule has 1 aliphatic carbocycles. The predicted molar refractivity (Wildman–Crippen MR) is 190 cm³/mol. The number of nitrogen functional groups attached to an aromatic ring is 1. The van der Waals surface area contributed by atoms with E-state index in [1.54, 1.807) is 41.2 Å². The number of phenolic OH excluding ortho intramolecular Hbond substituents is 1. The van der Waals surface area contributed by atoms with Crippen molar-refractivity contribution in [3.05, 3.63) is 66.2 Å². The van der Waals surface area contributed by atoms with E-state index in [4.69, 9.17) is 10.5 Å². The molecular weight excluding hydrogens is 668 g/mol. The highest BCUT2D eigenvalue weighted by molar-refractivity contribution is 6.33. The lowest BCUT2D eigenvalue weighted by Crippen LogP contribution is -2.65. The number of aromatic nitrogens is 4. The van der Waals surface area contributed by atoms with Crippen molar-refractivity contribution < 1.29 is 23.8 Å². The fraction of sp³-hybridized carbons (Fsp3) is 0.432. The first-order chi connectivity index (χ1) is 24.7. The number of ether oxygens (including phenoxy) is 1. The Kier molecular flexibility index (Phi) is 8.74. The van der Waals surface area contributed by atoms with Gasteiger partial charge in [0.1, 0.15) is 23.3 Å². The number of fused-ring (bicyclic) bond motifs is 1. The predicted octanol–water partition coefficient (Wildman–Crippen LogP) is 4.30. The third-order valence-electron chi connectivity index (χ3n) is 11.2. The van der Waals surface area contributed by atoms with Crippen molar-refractivity contribution in [2.75, 3.05) is 36.9 Å². The highest BCUT2D eigenvalue weighted by Crippen LogP contribution is 2.46. The molecule has 3 aliphatic heterocycles. The monoisotopic (exact) mass is 707 g/mol. The summed E-state index contributed by atoms with van der Waals surface area (Å²) in [5.74, 6) is 0.167. The maximum absolute atomic E-state index is 15.3. The molecule has 2 aromatic heterocycles. The van der Waals surface area contributed by atoms with Crippen molar-refractivity contribution in [2.45, 2.75) is 74.5 Å². The first-order valence-corrected chi connectivity index (χ1v) is 18.2. The van der Waals surface area contributed by atoms with Gasteiger partial charge in [0.25, 0.3) is 0 Å². The molecule has 3 radical (unpaired) electrons. The van der Waals surface area contributed by atoms with Gasteiger partial charge < -0.3 is 25.4 Å². The van der Waals surface area contributed by atoms with E-state index in [0.717, 1.165) is 63.1 Å². The zero-order chi connectivity index (χ0) is 35.3. The van der Waals surface area contributed by atoms with Crippen molar-refractivity contribution >= 4 is 33.6 Å². The van der Waals surface area contributed by atoms with Gasteiger partial charge in [-0.15, -0.1) is 15.3 Å². The molecule has 1 saturated carbocycles. The van der Waals surface area contributed by atoms with E-state index >= 15 is 4.39 Å². The number of halogens is 1. The van der Waals surface area contributed by atoms with Crippen molar-refractivity contribution in [1.29, 1.82) is 0 Å². The van der Waals surface area contributed by atoms with Crippen LogP contribution in [0, 0.1) is 5.95 Å². The van der Waals surface area contributed by atoms with Crippen LogP contribution in [0.3, 0.4) is 0 Å². The van der Waals surface area contributed by atoms with Crippen LogP contribution in [0.1, 0.15) is 68.9 Å². The second kappa shape index (κ2) is 13.4. The Hall–Kier alpha value is -4.82. The lowest BCUT2D eigenvalue weighted by molar-refractivity contribution is -0.135. The van der Waals surface area contributed by atoms with Crippen molar-refractivity contribution in [3.63, 3.8) is 0 Å². The van der Waals surface area contributed by atoms with Gasteiger partial charge in [-0.1, -0.05) is 24.3 Å². The molecule has 2 saturated heterocycles. The van der Waals surface area contributed by atoms with Crippen LogP contribution in [0.5, 0.6) is 11.5 Å². The first kappa shape index (κ1) is 33.3. The topological polar surface area (TPSA) is 152 Å². The van der Waals surface area contributed by atoms with E-state index in [0.29, 0.717) is 48.4 Å². The lowest BCUT2D eigenvalue weighted by Gasteiger charge is -2.46. The fourth-order valence-electron chi connectivity index (χ4n) is 8.39. The van der Waals surface area contributed by atoms with Crippen LogP contribution in [0.25, 0.3) is 22.4 Å². The van der Waals surface area contributed by atoms with E-state index in [9.17, 15) is 14.7 Å². The van der Waals surface area contributed by atoms with Crippen LogP contribution in [-0.2, 0) is 9.59 Å². The number of likely N-dealkylation sites (tertiary alicyclic amines) is 1. The van der Waals surface area contributed by atoms with Gasteiger partial charge in [0, 0.05) is 42.9 Å². The molecule has 263 valence electrons. The molecule has 4 N–H and O–H groups in total. The number of nitrogens with two attached hydrogens (primary N) is 1. The smallest absolute Gasteiger partial charge is 0.248 e. The Balaban J connectivity index is 0.905. The number of nitrogens with one attached hydrogen (secondary N) is 1. The Morgan fingerprint density at radius 3 is 2.49 bits per heavy atom. The van der Waals surface area contributed by atoms with Gasteiger partial charge in [-0.2, -0.15) is 4.39 Å². The third kappa shape index (κ3) is 6.13. The summed E-state index contributed by atoms with van der Waals surface area (Å²) < 4.78 is 23.3. The quantitative estimate of drug-likeness (QED) is 0.196. The molecule has 12 nitrogen and oxygen atoms in total. The van der Waals surface area contributed by atoms with Gasteiger partial charge in [-0.3, -0.25) is 19.6 Å². The fourth-order valence-corrected chi connectivity index (χ4v) is 8.81. The molecular formula is C37H40FN8O4Si. The highest BCUT2D eigenvalue weighted by Gasteiger charge is 2.46. The van der Waals surface area contributed by atoms with Gasteiger partial charge >= 0.3 is 0 Å². The van der Waals surface area contributed by atoms with Crippen molar-refractivity contribution in [2.24, 2.45) is 0 Å².